The molecule has 1 heterocycles. The van der Waals surface area contributed by atoms with Crippen molar-refractivity contribution in [3.63, 3.8) is 0 Å². The van der Waals surface area contributed by atoms with Gasteiger partial charge in [-0.25, -0.2) is 4.39 Å². The van der Waals surface area contributed by atoms with E-state index in [2.05, 4.69) is 4.98 Å². The van der Waals surface area contributed by atoms with Gasteiger partial charge in [-0.3, -0.25) is 4.98 Å². The molecule has 0 saturated carbocycles. The largest absolute Gasteiger partial charge is 0.327 e. The summed E-state index contributed by atoms with van der Waals surface area (Å²) in [6, 6.07) is 7.48. The van der Waals surface area contributed by atoms with Gasteiger partial charge in [-0.05, 0) is 23.4 Å². The van der Waals surface area contributed by atoms with E-state index in [1.165, 1.54) is 0 Å². The van der Waals surface area contributed by atoms with Gasteiger partial charge in [0.1, 0.15) is 5.67 Å². The van der Waals surface area contributed by atoms with Crippen molar-refractivity contribution in [1.29, 1.82) is 0 Å². The van der Waals surface area contributed by atoms with E-state index < -0.39 is 5.67 Å². The minimum atomic E-state index is -1.46. The summed E-state index contributed by atoms with van der Waals surface area (Å²) in [6.07, 6.45) is 3.78. The first-order valence-corrected chi connectivity index (χ1v) is 5.43. The number of hydrogen-bond donors (Lipinski definition) is 1. The molecule has 84 valence electrons. The van der Waals surface area contributed by atoms with E-state index in [4.69, 9.17) is 5.73 Å². The van der Waals surface area contributed by atoms with Gasteiger partial charge in [-0.2, -0.15) is 0 Å². The molecule has 3 heteroatoms. The van der Waals surface area contributed by atoms with E-state index in [1.54, 1.807) is 18.5 Å². The van der Waals surface area contributed by atoms with Crippen LogP contribution in [0, 0.1) is 0 Å². The van der Waals surface area contributed by atoms with Crippen LogP contribution >= 0.6 is 0 Å². The van der Waals surface area contributed by atoms with Crippen LogP contribution in [-0.4, -0.2) is 11.5 Å². The van der Waals surface area contributed by atoms with E-state index in [-0.39, 0.29) is 6.54 Å². The fourth-order valence-corrected chi connectivity index (χ4v) is 1.95. The monoisotopic (exact) mass is 218 g/mol. The van der Waals surface area contributed by atoms with Gasteiger partial charge in [0.15, 0.2) is 0 Å². The predicted octanol–water partition coefficient (Wildman–Crippen LogP) is 2.77. The van der Waals surface area contributed by atoms with E-state index >= 15 is 0 Å². The summed E-state index contributed by atoms with van der Waals surface area (Å²) < 4.78 is 14.6. The predicted molar refractivity (Wildman–Crippen MR) is 63.9 cm³/mol. The third kappa shape index (κ3) is 1.67. The van der Waals surface area contributed by atoms with Crippen LogP contribution in [0.3, 0.4) is 0 Å². The number of hydrogen-bond acceptors (Lipinski definition) is 2. The molecule has 0 aliphatic heterocycles. The molecule has 1 aromatic carbocycles. The maximum Gasteiger partial charge on any atom is 0.148 e. The van der Waals surface area contributed by atoms with Gasteiger partial charge in [0, 0.05) is 24.3 Å². The van der Waals surface area contributed by atoms with Gasteiger partial charge >= 0.3 is 0 Å². The van der Waals surface area contributed by atoms with Crippen LogP contribution < -0.4 is 5.73 Å². The van der Waals surface area contributed by atoms with Gasteiger partial charge in [-0.15, -0.1) is 0 Å². The molecule has 2 N–H and O–H groups in total. The summed E-state index contributed by atoms with van der Waals surface area (Å²) in [5.74, 6) is 0. The van der Waals surface area contributed by atoms with Crippen LogP contribution in [0.25, 0.3) is 10.8 Å². The van der Waals surface area contributed by atoms with Crippen molar-refractivity contribution in [3.05, 3.63) is 42.2 Å². The second-order valence-corrected chi connectivity index (χ2v) is 3.93. The minimum absolute atomic E-state index is 0.00247. The molecule has 0 radical (unpaired) electrons. The number of halogens is 1. The second-order valence-electron chi connectivity index (χ2n) is 3.93. The molecule has 0 fully saturated rings. The Balaban J connectivity index is 2.69. The normalized spacial score (nSPS) is 14.9. The molecule has 16 heavy (non-hydrogen) atoms. The number of benzene rings is 1. The number of nitrogens with zero attached hydrogens (tertiary/aromatic N) is 1. The molecule has 0 aliphatic rings. The van der Waals surface area contributed by atoms with Gasteiger partial charge in [0.2, 0.25) is 0 Å². The van der Waals surface area contributed by atoms with Crippen molar-refractivity contribution in [2.45, 2.75) is 19.0 Å². The summed E-state index contributed by atoms with van der Waals surface area (Å²) in [7, 11) is 0. The van der Waals surface area contributed by atoms with Gasteiger partial charge < -0.3 is 5.73 Å². The quantitative estimate of drug-likeness (QED) is 0.860. The zero-order chi connectivity index (χ0) is 11.6. The highest BCUT2D eigenvalue weighted by atomic mass is 19.1. The molecule has 0 amide bonds. The molecule has 0 saturated heterocycles. The summed E-state index contributed by atoms with van der Waals surface area (Å²) in [5, 5.41) is 1.84. The lowest BCUT2D eigenvalue weighted by Gasteiger charge is -2.23. The van der Waals surface area contributed by atoms with E-state index in [9.17, 15) is 4.39 Å². The van der Waals surface area contributed by atoms with Crippen LogP contribution in [0.4, 0.5) is 4.39 Å². The Hall–Kier alpha value is -1.48. The fourth-order valence-electron chi connectivity index (χ4n) is 1.95. The molecule has 1 atom stereocenters. The maximum absolute atomic E-state index is 14.6. The Morgan fingerprint density at radius 3 is 2.88 bits per heavy atom. The summed E-state index contributed by atoms with van der Waals surface area (Å²) in [6.45, 7) is 1.81. The highest BCUT2D eigenvalue weighted by Crippen LogP contribution is 2.33. The van der Waals surface area contributed by atoms with Crippen molar-refractivity contribution in [3.8, 4) is 0 Å². The Bertz CT molecular complexity index is 487. The first-order valence-electron chi connectivity index (χ1n) is 5.43. The number of rotatable bonds is 3. The van der Waals surface area contributed by atoms with Crippen molar-refractivity contribution >= 4 is 10.8 Å². The Morgan fingerprint density at radius 1 is 1.38 bits per heavy atom. The van der Waals surface area contributed by atoms with E-state index in [1.807, 2.05) is 25.1 Å². The smallest absolute Gasteiger partial charge is 0.148 e. The number of alkyl halides is 1. The van der Waals surface area contributed by atoms with Crippen molar-refractivity contribution in [2.75, 3.05) is 6.54 Å². The zero-order valence-electron chi connectivity index (χ0n) is 9.28. The third-order valence-corrected chi connectivity index (χ3v) is 3.05. The highest BCUT2D eigenvalue weighted by Gasteiger charge is 2.29. The van der Waals surface area contributed by atoms with Crippen LogP contribution in [0.15, 0.2) is 36.7 Å². The number of aromatic nitrogens is 1. The lowest BCUT2D eigenvalue weighted by molar-refractivity contribution is 0.171. The highest BCUT2D eigenvalue weighted by molar-refractivity contribution is 5.85. The van der Waals surface area contributed by atoms with Crippen molar-refractivity contribution in [2.24, 2.45) is 5.73 Å². The topological polar surface area (TPSA) is 38.9 Å². The van der Waals surface area contributed by atoms with Gasteiger partial charge in [-0.1, -0.05) is 25.1 Å². The minimum Gasteiger partial charge on any atom is -0.327 e. The Kier molecular flexibility index (Phi) is 2.88. The Labute approximate surface area is 94.3 Å². The lowest BCUT2D eigenvalue weighted by Crippen LogP contribution is -2.29. The summed E-state index contributed by atoms with van der Waals surface area (Å²) in [5.41, 5.74) is 4.73. The van der Waals surface area contributed by atoms with Gasteiger partial charge in [0.25, 0.3) is 0 Å². The lowest BCUT2D eigenvalue weighted by atomic mass is 9.89. The summed E-state index contributed by atoms with van der Waals surface area (Å²) in [4.78, 5) is 4.05. The first kappa shape index (κ1) is 11.0. The van der Waals surface area contributed by atoms with E-state index in [0.717, 1.165) is 10.8 Å². The number of pyridine rings is 1. The van der Waals surface area contributed by atoms with Crippen LogP contribution in [0.2, 0.25) is 0 Å². The molecule has 0 spiro atoms. The zero-order valence-corrected chi connectivity index (χ0v) is 9.28. The Morgan fingerprint density at radius 2 is 2.19 bits per heavy atom. The van der Waals surface area contributed by atoms with Crippen LogP contribution in [0.1, 0.15) is 18.9 Å². The van der Waals surface area contributed by atoms with Crippen molar-refractivity contribution in [1.82, 2.24) is 4.98 Å². The molecule has 2 rings (SSSR count). The van der Waals surface area contributed by atoms with E-state index in [0.29, 0.717) is 12.0 Å². The molecular formula is C13H15FN2. The fraction of sp³-hybridized carbons (Fsp3) is 0.308. The second kappa shape index (κ2) is 4.18. The summed E-state index contributed by atoms with van der Waals surface area (Å²) >= 11 is 0. The molecule has 2 nitrogen and oxygen atoms in total. The average Bonchev–Trinajstić information content (AvgIpc) is 2.37. The van der Waals surface area contributed by atoms with Crippen molar-refractivity contribution < 1.29 is 4.39 Å². The molecular weight excluding hydrogens is 203 g/mol. The number of fused-ring (bicyclic) bond motifs is 1. The van der Waals surface area contributed by atoms with Crippen LogP contribution in [-0.2, 0) is 5.67 Å². The third-order valence-electron chi connectivity index (χ3n) is 3.05. The SMILES string of the molecule is CCC(F)(CN)c1cccc2ccncc12. The molecule has 1 aromatic heterocycles. The number of nitrogens with two attached hydrogens (primary N) is 1. The van der Waals surface area contributed by atoms with Gasteiger partial charge in [0.05, 0.1) is 0 Å². The molecule has 1 unspecified atom stereocenters. The molecule has 0 aliphatic carbocycles. The maximum atomic E-state index is 14.6. The first-order chi connectivity index (χ1) is 7.71. The average molecular weight is 218 g/mol. The molecule has 0 bridgehead atoms. The standard InChI is InChI=1S/C13H15FN2/c1-2-13(14,9-15)12-5-3-4-10-6-7-16-8-11(10)12/h3-8H,2,9,15H2,1H3. The van der Waals surface area contributed by atoms with Crippen LogP contribution in [0.5, 0.6) is 0 Å². The molecule has 2 aromatic rings.